The second kappa shape index (κ2) is 7.36. The number of aromatic nitrogens is 1. The highest BCUT2D eigenvalue weighted by Crippen LogP contribution is 2.34. The summed E-state index contributed by atoms with van der Waals surface area (Å²) in [4.78, 5) is 26.3. The molecule has 1 aromatic carbocycles. The van der Waals surface area contributed by atoms with Crippen LogP contribution in [0, 0.1) is 5.41 Å². The minimum absolute atomic E-state index is 0.179. The van der Waals surface area contributed by atoms with E-state index in [1.807, 2.05) is 41.5 Å². The standard InChI is InChI=1S/C20H26Cl2N2O3/c1-19(2,3)10-24-15(17(25)23-20(4,5)6)16(27-7)11-8-13(21)14(22)9-12(11)18(24)26/h8-9H,10H2,1-7H3,(H,23,25). The zero-order valence-electron chi connectivity index (χ0n) is 16.8. The predicted molar refractivity (Wildman–Crippen MR) is 111 cm³/mol. The highest BCUT2D eigenvalue weighted by atomic mass is 35.5. The molecular formula is C20H26Cl2N2O3. The number of rotatable bonds is 3. The number of hydrogen-bond donors (Lipinski definition) is 1. The lowest BCUT2D eigenvalue weighted by atomic mass is 9.96. The number of methoxy groups -OCH3 is 1. The van der Waals surface area contributed by atoms with E-state index in [9.17, 15) is 9.59 Å². The van der Waals surface area contributed by atoms with Gasteiger partial charge in [0.1, 0.15) is 0 Å². The van der Waals surface area contributed by atoms with Gasteiger partial charge in [0, 0.05) is 17.5 Å². The quantitative estimate of drug-likeness (QED) is 0.779. The number of nitrogens with zero attached hydrogens (tertiary/aromatic N) is 1. The van der Waals surface area contributed by atoms with Crippen molar-refractivity contribution in [2.75, 3.05) is 7.11 Å². The number of pyridine rings is 1. The van der Waals surface area contributed by atoms with Gasteiger partial charge in [0.2, 0.25) is 0 Å². The first-order valence-electron chi connectivity index (χ1n) is 8.67. The van der Waals surface area contributed by atoms with Crippen LogP contribution in [0.4, 0.5) is 0 Å². The lowest BCUT2D eigenvalue weighted by Gasteiger charge is -2.27. The molecule has 2 rings (SSSR count). The van der Waals surface area contributed by atoms with Crippen molar-refractivity contribution >= 4 is 39.9 Å². The van der Waals surface area contributed by atoms with Gasteiger partial charge in [0.05, 0.1) is 22.5 Å². The van der Waals surface area contributed by atoms with Crippen LogP contribution in [-0.4, -0.2) is 23.1 Å². The van der Waals surface area contributed by atoms with Crippen molar-refractivity contribution in [2.24, 2.45) is 5.41 Å². The average molecular weight is 413 g/mol. The van der Waals surface area contributed by atoms with Gasteiger partial charge in [-0.15, -0.1) is 0 Å². The summed E-state index contributed by atoms with van der Waals surface area (Å²) in [5, 5.41) is 4.30. The van der Waals surface area contributed by atoms with Gasteiger partial charge >= 0.3 is 0 Å². The van der Waals surface area contributed by atoms with Gasteiger partial charge in [-0.1, -0.05) is 44.0 Å². The van der Waals surface area contributed by atoms with E-state index in [4.69, 9.17) is 27.9 Å². The molecule has 5 nitrogen and oxygen atoms in total. The molecule has 0 aliphatic rings. The highest BCUT2D eigenvalue weighted by Gasteiger charge is 2.28. The van der Waals surface area contributed by atoms with Crippen molar-refractivity contribution in [2.45, 2.75) is 53.6 Å². The van der Waals surface area contributed by atoms with Crippen molar-refractivity contribution in [3.05, 3.63) is 38.2 Å². The van der Waals surface area contributed by atoms with E-state index in [0.717, 1.165) is 0 Å². The molecule has 1 amide bonds. The monoisotopic (exact) mass is 412 g/mol. The third kappa shape index (κ3) is 4.77. The highest BCUT2D eigenvalue weighted by molar-refractivity contribution is 6.42. The van der Waals surface area contributed by atoms with Gasteiger partial charge in [-0.3, -0.25) is 14.2 Å². The SMILES string of the molecule is COc1c(C(=O)NC(C)(C)C)n(CC(C)(C)C)c(=O)c2cc(Cl)c(Cl)cc12. The number of benzene rings is 1. The summed E-state index contributed by atoms with van der Waals surface area (Å²) < 4.78 is 7.04. The van der Waals surface area contributed by atoms with Crippen molar-refractivity contribution in [1.82, 2.24) is 9.88 Å². The lowest BCUT2D eigenvalue weighted by Crippen LogP contribution is -2.43. The number of halogens is 2. The van der Waals surface area contributed by atoms with E-state index in [1.165, 1.54) is 17.7 Å². The second-order valence-electron chi connectivity index (χ2n) is 8.85. The molecule has 0 spiro atoms. The minimum Gasteiger partial charge on any atom is -0.494 e. The molecule has 7 heteroatoms. The van der Waals surface area contributed by atoms with Crippen LogP contribution in [0.25, 0.3) is 10.8 Å². The Kier molecular flexibility index (Phi) is 5.88. The van der Waals surface area contributed by atoms with Crippen LogP contribution in [0.2, 0.25) is 10.0 Å². The number of ether oxygens (including phenoxy) is 1. The zero-order chi connectivity index (χ0) is 20.7. The molecule has 148 valence electrons. The third-order valence-electron chi connectivity index (χ3n) is 3.81. The summed E-state index contributed by atoms with van der Waals surface area (Å²) in [6.07, 6.45) is 0. The summed E-state index contributed by atoms with van der Waals surface area (Å²) >= 11 is 12.3. The Balaban J connectivity index is 2.95. The van der Waals surface area contributed by atoms with Gasteiger partial charge in [0.25, 0.3) is 11.5 Å². The molecule has 2 aromatic rings. The van der Waals surface area contributed by atoms with Crippen LogP contribution in [0.15, 0.2) is 16.9 Å². The van der Waals surface area contributed by atoms with E-state index in [0.29, 0.717) is 23.1 Å². The zero-order valence-corrected chi connectivity index (χ0v) is 18.3. The largest absolute Gasteiger partial charge is 0.494 e. The summed E-state index contributed by atoms with van der Waals surface area (Å²) in [5.41, 5.74) is -0.844. The summed E-state index contributed by atoms with van der Waals surface area (Å²) in [6, 6.07) is 3.09. The van der Waals surface area contributed by atoms with Gasteiger partial charge in [0.15, 0.2) is 11.4 Å². The first kappa shape index (κ1) is 21.6. The summed E-state index contributed by atoms with van der Waals surface area (Å²) in [7, 11) is 1.47. The summed E-state index contributed by atoms with van der Waals surface area (Å²) in [6.45, 7) is 12.0. The molecule has 27 heavy (non-hydrogen) atoms. The van der Waals surface area contributed by atoms with Crippen LogP contribution in [0.1, 0.15) is 52.0 Å². The Morgan fingerprint density at radius 1 is 1.07 bits per heavy atom. The summed E-state index contributed by atoms with van der Waals surface area (Å²) in [5.74, 6) is -0.0807. The maximum absolute atomic E-state index is 13.3. The Morgan fingerprint density at radius 2 is 1.59 bits per heavy atom. The topological polar surface area (TPSA) is 60.3 Å². The van der Waals surface area contributed by atoms with Crippen molar-refractivity contribution < 1.29 is 9.53 Å². The van der Waals surface area contributed by atoms with Gasteiger partial charge in [-0.05, 0) is 38.3 Å². The molecule has 0 bridgehead atoms. The molecule has 0 atom stereocenters. The Labute approximate surface area is 169 Å². The van der Waals surface area contributed by atoms with Gasteiger partial charge in [-0.2, -0.15) is 0 Å². The normalized spacial score (nSPS) is 12.3. The second-order valence-corrected chi connectivity index (χ2v) is 9.66. The molecule has 0 unspecified atom stereocenters. The molecular weight excluding hydrogens is 387 g/mol. The van der Waals surface area contributed by atoms with Crippen LogP contribution >= 0.6 is 23.2 Å². The van der Waals surface area contributed by atoms with Crippen molar-refractivity contribution in [1.29, 1.82) is 0 Å². The molecule has 1 N–H and O–H groups in total. The molecule has 0 aliphatic heterocycles. The van der Waals surface area contributed by atoms with E-state index in [1.54, 1.807) is 6.07 Å². The molecule has 0 radical (unpaired) electrons. The van der Waals surface area contributed by atoms with E-state index in [-0.39, 0.29) is 32.6 Å². The van der Waals surface area contributed by atoms with E-state index < -0.39 is 5.54 Å². The molecule has 0 fully saturated rings. The molecule has 0 saturated heterocycles. The minimum atomic E-state index is -0.475. The van der Waals surface area contributed by atoms with Gasteiger partial charge < -0.3 is 10.1 Å². The first-order valence-corrected chi connectivity index (χ1v) is 9.43. The number of hydrogen-bond acceptors (Lipinski definition) is 3. The number of carbonyl (C=O) groups excluding carboxylic acids is 1. The molecule has 1 aromatic heterocycles. The Bertz CT molecular complexity index is 951. The Hall–Kier alpha value is -1.72. The molecule has 0 saturated carbocycles. The number of carbonyl (C=O) groups is 1. The van der Waals surface area contributed by atoms with Gasteiger partial charge in [-0.25, -0.2) is 0 Å². The average Bonchev–Trinajstić information content (AvgIpc) is 2.48. The molecule has 0 aliphatic carbocycles. The fourth-order valence-electron chi connectivity index (χ4n) is 2.87. The van der Waals surface area contributed by atoms with Crippen molar-refractivity contribution in [3.63, 3.8) is 0 Å². The lowest BCUT2D eigenvalue weighted by molar-refractivity contribution is 0.0902. The molecule has 1 heterocycles. The van der Waals surface area contributed by atoms with E-state index >= 15 is 0 Å². The van der Waals surface area contributed by atoms with Crippen LogP contribution in [-0.2, 0) is 6.54 Å². The van der Waals surface area contributed by atoms with Crippen LogP contribution in [0.3, 0.4) is 0 Å². The fraction of sp³-hybridized carbons (Fsp3) is 0.500. The smallest absolute Gasteiger partial charge is 0.272 e. The number of amides is 1. The maximum Gasteiger partial charge on any atom is 0.272 e. The third-order valence-corrected chi connectivity index (χ3v) is 4.53. The predicted octanol–water partition coefficient (Wildman–Crippen LogP) is 4.89. The number of fused-ring (bicyclic) bond motifs is 1. The number of nitrogens with one attached hydrogen (secondary N) is 1. The van der Waals surface area contributed by atoms with Crippen molar-refractivity contribution in [3.8, 4) is 5.75 Å². The Morgan fingerprint density at radius 3 is 2.04 bits per heavy atom. The first-order chi connectivity index (χ1) is 12.2. The fourth-order valence-corrected chi connectivity index (χ4v) is 3.19. The maximum atomic E-state index is 13.3. The van der Waals surface area contributed by atoms with Crippen LogP contribution < -0.4 is 15.6 Å². The van der Waals surface area contributed by atoms with E-state index in [2.05, 4.69) is 5.32 Å². The van der Waals surface area contributed by atoms with Crippen LogP contribution in [0.5, 0.6) is 5.75 Å².